The summed E-state index contributed by atoms with van der Waals surface area (Å²) in [6.07, 6.45) is 9.24. The minimum Gasteiger partial charge on any atom is -0.495 e. The van der Waals surface area contributed by atoms with E-state index in [0.29, 0.717) is 12.6 Å². The van der Waals surface area contributed by atoms with Gasteiger partial charge < -0.3 is 10.1 Å². The van der Waals surface area contributed by atoms with Crippen molar-refractivity contribution in [3.8, 4) is 5.75 Å². The summed E-state index contributed by atoms with van der Waals surface area (Å²) in [4.78, 5) is 15.0. The van der Waals surface area contributed by atoms with Gasteiger partial charge in [0.05, 0.1) is 19.3 Å². The van der Waals surface area contributed by atoms with Crippen molar-refractivity contribution in [3.05, 3.63) is 23.8 Å². The number of methoxy groups -OCH3 is 1. The number of amides is 1. The molecule has 0 unspecified atom stereocenters. The van der Waals surface area contributed by atoms with Gasteiger partial charge in [-0.1, -0.05) is 25.3 Å². The number of carbonyl (C=O) groups is 1. The summed E-state index contributed by atoms with van der Waals surface area (Å²) >= 11 is 0. The largest absolute Gasteiger partial charge is 0.495 e. The van der Waals surface area contributed by atoms with Crippen molar-refractivity contribution in [2.45, 2.75) is 57.9 Å². The minimum absolute atomic E-state index is 0.0709. The molecule has 2 saturated carbocycles. The second-order valence-electron chi connectivity index (χ2n) is 7.42. The molecule has 132 valence electrons. The van der Waals surface area contributed by atoms with Crippen LogP contribution in [0.15, 0.2) is 18.2 Å². The first-order valence-electron chi connectivity index (χ1n) is 9.34. The van der Waals surface area contributed by atoms with Crippen LogP contribution in [0.25, 0.3) is 0 Å². The highest BCUT2D eigenvalue weighted by molar-refractivity contribution is 5.93. The molecule has 1 aromatic rings. The average molecular weight is 330 g/mol. The van der Waals surface area contributed by atoms with Crippen molar-refractivity contribution < 1.29 is 9.53 Å². The number of benzene rings is 1. The first kappa shape index (κ1) is 17.3. The lowest BCUT2D eigenvalue weighted by Gasteiger charge is -2.29. The molecule has 0 heterocycles. The predicted octanol–water partition coefficient (Wildman–Crippen LogP) is 3.99. The lowest BCUT2D eigenvalue weighted by molar-refractivity contribution is -0.117. The molecule has 0 atom stereocenters. The zero-order valence-corrected chi connectivity index (χ0v) is 15.0. The van der Waals surface area contributed by atoms with Gasteiger partial charge in [0.15, 0.2) is 0 Å². The molecule has 1 N–H and O–H groups in total. The summed E-state index contributed by atoms with van der Waals surface area (Å²) in [5.41, 5.74) is 1.89. The minimum atomic E-state index is 0.0709. The van der Waals surface area contributed by atoms with Gasteiger partial charge >= 0.3 is 0 Å². The fraction of sp³-hybridized carbons (Fsp3) is 0.650. The number of anilines is 1. The Morgan fingerprint density at radius 1 is 1.21 bits per heavy atom. The number of aryl methyl sites for hydroxylation is 1. The molecular formula is C20H30N2O2. The highest BCUT2D eigenvalue weighted by atomic mass is 16.5. The second kappa shape index (κ2) is 8.02. The Morgan fingerprint density at radius 3 is 2.62 bits per heavy atom. The Labute approximate surface area is 145 Å². The summed E-state index contributed by atoms with van der Waals surface area (Å²) in [6.45, 7) is 3.61. The maximum absolute atomic E-state index is 12.6. The standard InChI is InChI=1S/C20H30N2O2/c1-15-8-11-19(24-2)18(12-15)21-20(23)14-22(17-9-10-17)13-16-6-4-3-5-7-16/h8,11-12,16-17H,3-7,9-10,13-14H2,1-2H3,(H,21,23). The number of nitrogens with zero attached hydrogens (tertiary/aromatic N) is 1. The van der Waals surface area contributed by atoms with Gasteiger partial charge in [-0.15, -0.1) is 0 Å². The summed E-state index contributed by atoms with van der Waals surface area (Å²) in [7, 11) is 1.64. The Balaban J connectivity index is 1.58. The van der Waals surface area contributed by atoms with Crippen molar-refractivity contribution in [2.24, 2.45) is 5.92 Å². The fourth-order valence-electron chi connectivity index (χ4n) is 3.78. The molecule has 2 aliphatic carbocycles. The number of carbonyl (C=O) groups excluding carboxylic acids is 1. The lowest BCUT2D eigenvalue weighted by atomic mass is 9.89. The molecule has 24 heavy (non-hydrogen) atoms. The van der Waals surface area contributed by atoms with Gasteiger partial charge in [-0.3, -0.25) is 9.69 Å². The quantitative estimate of drug-likeness (QED) is 0.822. The second-order valence-corrected chi connectivity index (χ2v) is 7.42. The Bertz CT molecular complexity index is 563. The monoisotopic (exact) mass is 330 g/mol. The van der Waals surface area contributed by atoms with Gasteiger partial charge in [-0.25, -0.2) is 0 Å². The van der Waals surface area contributed by atoms with Crippen LogP contribution < -0.4 is 10.1 Å². The third-order valence-corrected chi connectivity index (χ3v) is 5.26. The smallest absolute Gasteiger partial charge is 0.238 e. The average Bonchev–Trinajstić information content (AvgIpc) is 3.40. The molecule has 2 fully saturated rings. The molecule has 4 heteroatoms. The van der Waals surface area contributed by atoms with Crippen molar-refractivity contribution in [2.75, 3.05) is 25.5 Å². The molecule has 0 radical (unpaired) electrons. The molecular weight excluding hydrogens is 300 g/mol. The Hall–Kier alpha value is -1.55. The molecule has 0 aliphatic heterocycles. The van der Waals surface area contributed by atoms with Crippen LogP contribution in [0, 0.1) is 12.8 Å². The van der Waals surface area contributed by atoms with Gasteiger partial charge in [0, 0.05) is 12.6 Å². The SMILES string of the molecule is COc1ccc(C)cc1NC(=O)CN(CC1CCCCC1)C1CC1. The first-order valence-corrected chi connectivity index (χ1v) is 9.34. The predicted molar refractivity (Wildman–Crippen MR) is 97.5 cm³/mol. The molecule has 1 amide bonds. The Morgan fingerprint density at radius 2 is 1.96 bits per heavy atom. The van der Waals surface area contributed by atoms with E-state index in [1.54, 1.807) is 7.11 Å². The van der Waals surface area contributed by atoms with Crippen molar-refractivity contribution in [1.82, 2.24) is 4.90 Å². The summed E-state index contributed by atoms with van der Waals surface area (Å²) in [5.74, 6) is 1.57. The van der Waals surface area contributed by atoms with Crippen LogP contribution in [0.3, 0.4) is 0 Å². The zero-order chi connectivity index (χ0) is 16.9. The zero-order valence-electron chi connectivity index (χ0n) is 15.0. The van der Waals surface area contributed by atoms with E-state index in [0.717, 1.165) is 29.5 Å². The fourth-order valence-corrected chi connectivity index (χ4v) is 3.78. The van der Waals surface area contributed by atoms with E-state index in [-0.39, 0.29) is 5.91 Å². The molecule has 0 spiro atoms. The maximum Gasteiger partial charge on any atom is 0.238 e. The van der Waals surface area contributed by atoms with Gasteiger partial charge in [0.2, 0.25) is 5.91 Å². The molecule has 0 bridgehead atoms. The number of hydrogen-bond acceptors (Lipinski definition) is 3. The van der Waals surface area contributed by atoms with Gasteiger partial charge in [0.25, 0.3) is 0 Å². The van der Waals surface area contributed by atoms with Crippen LogP contribution in [0.2, 0.25) is 0 Å². The van der Waals surface area contributed by atoms with Crippen LogP contribution in [-0.4, -0.2) is 37.0 Å². The van der Waals surface area contributed by atoms with Gasteiger partial charge in [0.1, 0.15) is 5.75 Å². The third-order valence-electron chi connectivity index (χ3n) is 5.26. The number of ether oxygens (including phenoxy) is 1. The van der Waals surface area contributed by atoms with E-state index in [4.69, 9.17) is 4.74 Å². The van der Waals surface area contributed by atoms with Gasteiger partial charge in [-0.2, -0.15) is 0 Å². The van der Waals surface area contributed by atoms with E-state index in [2.05, 4.69) is 10.2 Å². The van der Waals surface area contributed by atoms with Crippen LogP contribution >= 0.6 is 0 Å². The van der Waals surface area contributed by atoms with E-state index >= 15 is 0 Å². The van der Waals surface area contributed by atoms with Crippen LogP contribution in [0.1, 0.15) is 50.5 Å². The van der Waals surface area contributed by atoms with Crippen molar-refractivity contribution in [3.63, 3.8) is 0 Å². The van der Waals surface area contributed by atoms with Crippen LogP contribution in [0.4, 0.5) is 5.69 Å². The van der Waals surface area contributed by atoms with Crippen molar-refractivity contribution in [1.29, 1.82) is 0 Å². The summed E-state index contributed by atoms with van der Waals surface area (Å²) in [6, 6.07) is 6.50. The van der Waals surface area contributed by atoms with Crippen LogP contribution in [-0.2, 0) is 4.79 Å². The number of nitrogens with one attached hydrogen (secondary N) is 1. The van der Waals surface area contributed by atoms with Crippen LogP contribution in [0.5, 0.6) is 5.75 Å². The number of rotatable bonds is 7. The van der Waals surface area contributed by atoms with E-state index in [1.807, 2.05) is 25.1 Å². The normalized spacial score (nSPS) is 18.6. The molecule has 2 aliphatic rings. The topological polar surface area (TPSA) is 41.6 Å². The number of hydrogen-bond donors (Lipinski definition) is 1. The Kier molecular flexibility index (Phi) is 5.77. The molecule has 0 saturated heterocycles. The first-order chi connectivity index (χ1) is 11.7. The highest BCUT2D eigenvalue weighted by Crippen LogP contribution is 2.31. The molecule has 4 nitrogen and oxygen atoms in total. The third kappa shape index (κ3) is 4.73. The van der Waals surface area contributed by atoms with E-state index < -0.39 is 0 Å². The van der Waals surface area contributed by atoms with E-state index in [9.17, 15) is 4.79 Å². The molecule has 3 rings (SSSR count). The summed E-state index contributed by atoms with van der Waals surface area (Å²) in [5, 5.41) is 3.05. The maximum atomic E-state index is 12.6. The van der Waals surface area contributed by atoms with E-state index in [1.165, 1.54) is 44.9 Å². The highest BCUT2D eigenvalue weighted by Gasteiger charge is 2.32. The lowest BCUT2D eigenvalue weighted by Crippen LogP contribution is -2.38. The van der Waals surface area contributed by atoms with Crippen molar-refractivity contribution >= 4 is 11.6 Å². The van der Waals surface area contributed by atoms with Gasteiger partial charge in [-0.05, 0) is 56.2 Å². The molecule has 0 aromatic heterocycles. The summed E-state index contributed by atoms with van der Waals surface area (Å²) < 4.78 is 5.36. The molecule has 1 aromatic carbocycles.